The molecule has 108 valence electrons. The number of nitrogens with zero attached hydrogens (tertiary/aromatic N) is 1. The van der Waals surface area contributed by atoms with E-state index >= 15 is 0 Å². The zero-order valence-electron chi connectivity index (χ0n) is 12.8. The lowest BCUT2D eigenvalue weighted by atomic mass is 10.0. The number of aromatic nitrogens is 1. The Morgan fingerprint density at radius 1 is 1.32 bits per heavy atom. The number of amides is 1. The predicted octanol–water partition coefficient (Wildman–Crippen LogP) is 4.27. The average molecular weight is 264 g/mol. The zero-order valence-corrected chi connectivity index (χ0v) is 12.8. The molecule has 0 fully saturated rings. The van der Waals surface area contributed by atoms with Crippen molar-refractivity contribution >= 4 is 11.6 Å². The van der Waals surface area contributed by atoms with Crippen LogP contribution in [-0.2, 0) is 11.8 Å². The second kappa shape index (κ2) is 8.03. The molecule has 3 heteroatoms. The van der Waals surface area contributed by atoms with Gasteiger partial charge in [-0.05, 0) is 19.4 Å². The molecule has 1 unspecified atom stereocenters. The van der Waals surface area contributed by atoms with E-state index in [-0.39, 0.29) is 11.8 Å². The molecule has 0 aliphatic rings. The highest BCUT2D eigenvalue weighted by molar-refractivity contribution is 5.92. The van der Waals surface area contributed by atoms with Gasteiger partial charge >= 0.3 is 0 Å². The average Bonchev–Trinajstić information content (AvgIpc) is 2.67. The minimum absolute atomic E-state index is 0.0992. The standard InChI is InChI=1S/C16H28N2O/c1-5-6-7-8-9-10-13(2)16(19)17-15-11-14(3)18(4)12-15/h11-13H,5-10H2,1-4H3,(H,17,19). The molecule has 1 heterocycles. The highest BCUT2D eigenvalue weighted by Crippen LogP contribution is 2.16. The van der Waals surface area contributed by atoms with Gasteiger partial charge in [0.2, 0.25) is 5.91 Å². The van der Waals surface area contributed by atoms with Crippen LogP contribution in [0.2, 0.25) is 0 Å². The zero-order chi connectivity index (χ0) is 14.3. The van der Waals surface area contributed by atoms with Gasteiger partial charge in [-0.15, -0.1) is 0 Å². The number of aryl methyl sites for hydroxylation is 2. The second-order valence-corrected chi connectivity index (χ2v) is 5.57. The van der Waals surface area contributed by atoms with Crippen molar-refractivity contribution in [1.82, 2.24) is 4.57 Å². The Bertz CT molecular complexity index is 376. The summed E-state index contributed by atoms with van der Waals surface area (Å²) < 4.78 is 2.02. The molecule has 0 aliphatic carbocycles. The van der Waals surface area contributed by atoms with E-state index in [0.29, 0.717) is 0 Å². The first-order valence-electron chi connectivity index (χ1n) is 7.48. The lowest BCUT2D eigenvalue weighted by Crippen LogP contribution is -2.20. The van der Waals surface area contributed by atoms with Crippen molar-refractivity contribution in [3.05, 3.63) is 18.0 Å². The maximum absolute atomic E-state index is 12.0. The molecule has 19 heavy (non-hydrogen) atoms. The molecule has 0 saturated heterocycles. The number of carbonyl (C=O) groups excluding carboxylic acids is 1. The lowest BCUT2D eigenvalue weighted by molar-refractivity contribution is -0.119. The van der Waals surface area contributed by atoms with Crippen molar-refractivity contribution in [3.8, 4) is 0 Å². The minimum atomic E-state index is 0.0992. The summed E-state index contributed by atoms with van der Waals surface area (Å²) in [7, 11) is 1.99. The van der Waals surface area contributed by atoms with E-state index in [2.05, 4.69) is 12.2 Å². The van der Waals surface area contributed by atoms with Crippen LogP contribution in [-0.4, -0.2) is 10.5 Å². The summed E-state index contributed by atoms with van der Waals surface area (Å²) in [6.07, 6.45) is 9.22. The summed E-state index contributed by atoms with van der Waals surface area (Å²) in [5.74, 6) is 0.239. The maximum atomic E-state index is 12.0. The maximum Gasteiger partial charge on any atom is 0.227 e. The van der Waals surface area contributed by atoms with Crippen LogP contribution in [0.5, 0.6) is 0 Å². The first kappa shape index (κ1) is 15.8. The van der Waals surface area contributed by atoms with E-state index in [4.69, 9.17) is 0 Å². The number of nitrogens with one attached hydrogen (secondary N) is 1. The first-order valence-corrected chi connectivity index (χ1v) is 7.48. The molecule has 1 N–H and O–H groups in total. The van der Waals surface area contributed by atoms with Crippen LogP contribution in [0.1, 0.15) is 58.1 Å². The van der Waals surface area contributed by atoms with Crippen molar-refractivity contribution in [1.29, 1.82) is 0 Å². The Hall–Kier alpha value is -1.25. The van der Waals surface area contributed by atoms with Gasteiger partial charge in [0.1, 0.15) is 0 Å². The van der Waals surface area contributed by atoms with Crippen LogP contribution in [0, 0.1) is 12.8 Å². The number of hydrogen-bond donors (Lipinski definition) is 1. The molecule has 1 amide bonds. The summed E-state index contributed by atoms with van der Waals surface area (Å²) in [5.41, 5.74) is 2.06. The van der Waals surface area contributed by atoms with E-state index in [9.17, 15) is 4.79 Å². The number of anilines is 1. The van der Waals surface area contributed by atoms with Gasteiger partial charge in [-0.25, -0.2) is 0 Å². The van der Waals surface area contributed by atoms with Gasteiger partial charge in [-0.2, -0.15) is 0 Å². The third-order valence-corrected chi connectivity index (χ3v) is 3.71. The van der Waals surface area contributed by atoms with Crippen molar-refractivity contribution in [2.45, 2.75) is 59.3 Å². The molecule has 1 atom stereocenters. The van der Waals surface area contributed by atoms with Crippen molar-refractivity contribution in [2.75, 3.05) is 5.32 Å². The van der Waals surface area contributed by atoms with Crippen LogP contribution in [0.3, 0.4) is 0 Å². The smallest absolute Gasteiger partial charge is 0.227 e. The van der Waals surface area contributed by atoms with Crippen LogP contribution in [0.4, 0.5) is 5.69 Å². The third kappa shape index (κ3) is 5.50. The van der Waals surface area contributed by atoms with Gasteiger partial charge < -0.3 is 9.88 Å². The summed E-state index contributed by atoms with van der Waals surface area (Å²) in [6.45, 7) is 6.27. The van der Waals surface area contributed by atoms with Gasteiger partial charge in [-0.1, -0.05) is 46.0 Å². The van der Waals surface area contributed by atoms with Crippen molar-refractivity contribution < 1.29 is 4.79 Å². The summed E-state index contributed by atoms with van der Waals surface area (Å²) in [4.78, 5) is 12.0. The molecule has 1 aromatic heterocycles. The van der Waals surface area contributed by atoms with Crippen molar-refractivity contribution in [2.24, 2.45) is 13.0 Å². The van der Waals surface area contributed by atoms with E-state index < -0.39 is 0 Å². The van der Waals surface area contributed by atoms with E-state index in [1.54, 1.807) is 0 Å². The quantitative estimate of drug-likeness (QED) is 0.699. The Kier molecular flexibility index (Phi) is 6.68. The Morgan fingerprint density at radius 2 is 2.00 bits per heavy atom. The molecular formula is C16H28N2O. The summed E-state index contributed by atoms with van der Waals surface area (Å²) >= 11 is 0. The van der Waals surface area contributed by atoms with Crippen LogP contribution >= 0.6 is 0 Å². The predicted molar refractivity (Wildman–Crippen MR) is 81.3 cm³/mol. The molecule has 1 aromatic rings. The Labute approximate surface area is 117 Å². The molecule has 0 aromatic carbocycles. The van der Waals surface area contributed by atoms with Gasteiger partial charge in [0.25, 0.3) is 0 Å². The monoisotopic (exact) mass is 264 g/mol. The molecular weight excluding hydrogens is 236 g/mol. The van der Waals surface area contributed by atoms with Gasteiger partial charge in [-0.3, -0.25) is 4.79 Å². The molecule has 0 spiro atoms. The fourth-order valence-corrected chi connectivity index (χ4v) is 2.19. The number of rotatable bonds is 8. The summed E-state index contributed by atoms with van der Waals surface area (Å²) in [6, 6.07) is 2.01. The molecule has 0 bridgehead atoms. The van der Waals surface area contributed by atoms with E-state index in [0.717, 1.165) is 24.2 Å². The fourth-order valence-electron chi connectivity index (χ4n) is 2.19. The fraction of sp³-hybridized carbons (Fsp3) is 0.688. The van der Waals surface area contributed by atoms with E-state index in [1.807, 2.05) is 37.7 Å². The topological polar surface area (TPSA) is 34.0 Å². The Balaban J connectivity index is 2.28. The third-order valence-electron chi connectivity index (χ3n) is 3.71. The van der Waals surface area contributed by atoms with E-state index in [1.165, 1.54) is 25.7 Å². The van der Waals surface area contributed by atoms with Crippen LogP contribution in [0.15, 0.2) is 12.3 Å². The minimum Gasteiger partial charge on any atom is -0.353 e. The molecule has 1 rings (SSSR count). The van der Waals surface area contributed by atoms with Gasteiger partial charge in [0.15, 0.2) is 0 Å². The van der Waals surface area contributed by atoms with Crippen LogP contribution < -0.4 is 5.32 Å². The molecule has 3 nitrogen and oxygen atoms in total. The Morgan fingerprint density at radius 3 is 2.58 bits per heavy atom. The summed E-state index contributed by atoms with van der Waals surface area (Å²) in [5, 5.41) is 3.00. The number of hydrogen-bond acceptors (Lipinski definition) is 1. The van der Waals surface area contributed by atoms with Gasteiger partial charge in [0, 0.05) is 24.9 Å². The lowest BCUT2D eigenvalue weighted by Gasteiger charge is -2.11. The number of unbranched alkanes of at least 4 members (excludes halogenated alkanes) is 4. The highest BCUT2D eigenvalue weighted by atomic mass is 16.1. The highest BCUT2D eigenvalue weighted by Gasteiger charge is 2.13. The molecule has 0 aliphatic heterocycles. The SMILES string of the molecule is CCCCCCCC(C)C(=O)Nc1cc(C)n(C)c1. The number of carbonyl (C=O) groups is 1. The normalized spacial score (nSPS) is 12.4. The second-order valence-electron chi connectivity index (χ2n) is 5.57. The first-order chi connectivity index (χ1) is 9.04. The van der Waals surface area contributed by atoms with Crippen LogP contribution in [0.25, 0.3) is 0 Å². The molecule has 0 saturated carbocycles. The van der Waals surface area contributed by atoms with Crippen molar-refractivity contribution in [3.63, 3.8) is 0 Å². The largest absolute Gasteiger partial charge is 0.353 e. The van der Waals surface area contributed by atoms with Gasteiger partial charge in [0.05, 0.1) is 5.69 Å². The molecule has 0 radical (unpaired) electrons.